The summed E-state index contributed by atoms with van der Waals surface area (Å²) in [6.07, 6.45) is 2.37. The van der Waals surface area contributed by atoms with Gasteiger partial charge in [0.1, 0.15) is 4.83 Å². The van der Waals surface area contributed by atoms with Crippen LogP contribution in [0, 0.1) is 5.92 Å². The molecule has 0 atom stereocenters. The van der Waals surface area contributed by atoms with Gasteiger partial charge in [-0.1, -0.05) is 19.9 Å². The minimum absolute atomic E-state index is 0.0502. The van der Waals surface area contributed by atoms with Crippen LogP contribution in [0.5, 0.6) is 0 Å². The quantitative estimate of drug-likeness (QED) is 0.707. The van der Waals surface area contributed by atoms with Gasteiger partial charge in [0.2, 0.25) is 0 Å². The molecule has 0 saturated carbocycles. The Hall–Kier alpha value is -1.99. The molecular weight excluding hydrogens is 354 g/mol. The first-order chi connectivity index (χ1) is 12.0. The molecule has 5 nitrogen and oxygen atoms in total. The number of carbonyl (C=O) groups excluding carboxylic acids is 1. The van der Waals surface area contributed by atoms with Crippen molar-refractivity contribution in [1.29, 1.82) is 0 Å². The molecule has 0 N–H and O–H groups in total. The van der Waals surface area contributed by atoms with E-state index in [1.807, 2.05) is 22.4 Å². The maximum atomic E-state index is 12.8. The number of fused-ring (bicyclic) bond motifs is 3. The van der Waals surface area contributed by atoms with Crippen LogP contribution >= 0.6 is 22.7 Å². The zero-order chi connectivity index (χ0) is 17.6. The predicted molar refractivity (Wildman–Crippen MR) is 101 cm³/mol. The Kier molecular flexibility index (Phi) is 4.21. The Labute approximate surface area is 153 Å². The van der Waals surface area contributed by atoms with Gasteiger partial charge in [0, 0.05) is 18.0 Å². The molecule has 0 bridgehead atoms. The Bertz CT molecular complexity index is 986. The van der Waals surface area contributed by atoms with Gasteiger partial charge in [-0.3, -0.25) is 14.2 Å². The predicted octanol–water partition coefficient (Wildman–Crippen LogP) is 3.37. The molecule has 1 amide bonds. The largest absolute Gasteiger partial charge is 0.332 e. The lowest BCUT2D eigenvalue weighted by molar-refractivity contribution is 0.0742. The molecule has 3 aromatic rings. The zero-order valence-electron chi connectivity index (χ0n) is 14.2. The number of amides is 1. The SMILES string of the molecule is CC(C)Cn1cnc2sc3c(c2c1=O)CCN(C(=O)c1cccs1)C3. The molecule has 0 unspecified atom stereocenters. The van der Waals surface area contributed by atoms with Gasteiger partial charge in [0.15, 0.2) is 0 Å². The number of hydrogen-bond acceptors (Lipinski definition) is 5. The lowest BCUT2D eigenvalue weighted by Crippen LogP contribution is -2.35. The van der Waals surface area contributed by atoms with E-state index in [2.05, 4.69) is 18.8 Å². The van der Waals surface area contributed by atoms with Crippen molar-refractivity contribution in [2.45, 2.75) is 33.4 Å². The van der Waals surface area contributed by atoms with E-state index >= 15 is 0 Å². The normalized spacial score (nSPS) is 14.3. The number of carbonyl (C=O) groups is 1. The first-order valence-corrected chi connectivity index (χ1v) is 10.1. The highest BCUT2D eigenvalue weighted by Gasteiger charge is 2.27. The van der Waals surface area contributed by atoms with E-state index in [0.29, 0.717) is 25.6 Å². The maximum absolute atomic E-state index is 12.8. The lowest BCUT2D eigenvalue weighted by Gasteiger charge is -2.26. The standard InChI is InChI=1S/C18H19N3O2S2/c1-11(2)8-21-10-19-16-15(18(21)23)12-5-6-20(9-14(12)25-16)17(22)13-4-3-7-24-13/h3-4,7,10-11H,5-6,8-9H2,1-2H3. The average molecular weight is 374 g/mol. The molecule has 4 rings (SSSR count). The molecule has 0 aliphatic carbocycles. The van der Waals surface area contributed by atoms with Gasteiger partial charge in [-0.05, 0) is 29.3 Å². The summed E-state index contributed by atoms with van der Waals surface area (Å²) in [6, 6.07) is 3.76. The summed E-state index contributed by atoms with van der Waals surface area (Å²) in [4.78, 5) is 34.5. The van der Waals surface area contributed by atoms with Gasteiger partial charge in [0.25, 0.3) is 11.5 Å². The summed E-state index contributed by atoms with van der Waals surface area (Å²) in [5.74, 6) is 0.466. The Balaban J connectivity index is 1.70. The smallest absolute Gasteiger partial charge is 0.264 e. The molecule has 0 spiro atoms. The molecule has 3 aromatic heterocycles. The second kappa shape index (κ2) is 6.38. The minimum Gasteiger partial charge on any atom is -0.332 e. The van der Waals surface area contributed by atoms with Crippen molar-refractivity contribution in [2.24, 2.45) is 5.92 Å². The van der Waals surface area contributed by atoms with E-state index in [1.54, 1.807) is 22.2 Å². The fourth-order valence-electron chi connectivity index (χ4n) is 3.27. The van der Waals surface area contributed by atoms with Crippen molar-refractivity contribution in [1.82, 2.24) is 14.5 Å². The van der Waals surface area contributed by atoms with Crippen LogP contribution in [0.15, 0.2) is 28.6 Å². The number of thiophene rings is 2. The van der Waals surface area contributed by atoms with E-state index in [0.717, 1.165) is 32.0 Å². The molecule has 0 saturated heterocycles. The summed E-state index contributed by atoms with van der Waals surface area (Å²) in [5.41, 5.74) is 1.14. The second-order valence-electron chi connectivity index (χ2n) is 6.73. The average Bonchev–Trinajstić information content (AvgIpc) is 3.23. The lowest BCUT2D eigenvalue weighted by atomic mass is 10.1. The molecule has 0 fully saturated rings. The maximum Gasteiger partial charge on any atom is 0.264 e. The fraction of sp³-hybridized carbons (Fsp3) is 0.389. The van der Waals surface area contributed by atoms with Gasteiger partial charge in [-0.2, -0.15) is 0 Å². The highest BCUT2D eigenvalue weighted by atomic mass is 32.1. The molecule has 1 aliphatic rings. The zero-order valence-corrected chi connectivity index (χ0v) is 15.8. The van der Waals surface area contributed by atoms with Crippen LogP contribution in [0.2, 0.25) is 0 Å². The molecule has 4 heterocycles. The highest BCUT2D eigenvalue weighted by Crippen LogP contribution is 2.33. The van der Waals surface area contributed by atoms with E-state index in [9.17, 15) is 9.59 Å². The van der Waals surface area contributed by atoms with E-state index < -0.39 is 0 Å². The number of nitrogens with zero attached hydrogens (tertiary/aromatic N) is 3. The topological polar surface area (TPSA) is 55.2 Å². The van der Waals surface area contributed by atoms with E-state index in [-0.39, 0.29) is 11.5 Å². The molecule has 7 heteroatoms. The molecule has 0 radical (unpaired) electrons. The van der Waals surface area contributed by atoms with Gasteiger partial charge in [-0.25, -0.2) is 4.98 Å². The first kappa shape index (κ1) is 16.5. The third-order valence-corrected chi connectivity index (χ3v) is 6.39. The molecular formula is C18H19N3O2S2. The summed E-state index contributed by atoms with van der Waals surface area (Å²) in [6.45, 7) is 6.07. The first-order valence-electron chi connectivity index (χ1n) is 8.37. The van der Waals surface area contributed by atoms with Crippen molar-refractivity contribution in [3.8, 4) is 0 Å². The van der Waals surface area contributed by atoms with Crippen LogP contribution < -0.4 is 5.56 Å². The number of hydrogen-bond donors (Lipinski definition) is 0. The van der Waals surface area contributed by atoms with Crippen molar-refractivity contribution in [3.05, 3.63) is 49.5 Å². The van der Waals surface area contributed by atoms with Crippen molar-refractivity contribution < 1.29 is 4.79 Å². The molecule has 25 heavy (non-hydrogen) atoms. The Morgan fingerprint density at radius 1 is 1.40 bits per heavy atom. The summed E-state index contributed by atoms with van der Waals surface area (Å²) >= 11 is 3.01. The second-order valence-corrected chi connectivity index (χ2v) is 8.77. The van der Waals surface area contributed by atoms with Gasteiger partial charge in [-0.15, -0.1) is 22.7 Å². The summed E-state index contributed by atoms with van der Waals surface area (Å²) in [7, 11) is 0. The van der Waals surface area contributed by atoms with Crippen molar-refractivity contribution in [2.75, 3.05) is 6.54 Å². The van der Waals surface area contributed by atoms with Crippen LogP contribution in [0.25, 0.3) is 10.2 Å². The Morgan fingerprint density at radius 3 is 2.96 bits per heavy atom. The van der Waals surface area contributed by atoms with Crippen LogP contribution in [0.1, 0.15) is 34.0 Å². The third-order valence-electron chi connectivity index (χ3n) is 4.41. The fourth-order valence-corrected chi connectivity index (χ4v) is 5.16. The van der Waals surface area contributed by atoms with Gasteiger partial charge in [0.05, 0.1) is 23.1 Å². The number of rotatable bonds is 3. The van der Waals surface area contributed by atoms with Crippen LogP contribution in [-0.4, -0.2) is 26.9 Å². The molecule has 0 aromatic carbocycles. The van der Waals surface area contributed by atoms with Crippen molar-refractivity contribution in [3.63, 3.8) is 0 Å². The molecule has 130 valence electrons. The third kappa shape index (κ3) is 2.91. The Morgan fingerprint density at radius 2 is 2.24 bits per heavy atom. The van der Waals surface area contributed by atoms with Gasteiger partial charge < -0.3 is 4.90 Å². The van der Waals surface area contributed by atoms with Crippen LogP contribution in [0.3, 0.4) is 0 Å². The number of aromatic nitrogens is 2. The van der Waals surface area contributed by atoms with E-state index in [4.69, 9.17) is 0 Å². The minimum atomic E-state index is 0.0502. The highest BCUT2D eigenvalue weighted by molar-refractivity contribution is 7.18. The van der Waals surface area contributed by atoms with Crippen molar-refractivity contribution >= 4 is 38.8 Å². The monoisotopic (exact) mass is 373 g/mol. The summed E-state index contributed by atoms with van der Waals surface area (Å²) < 4.78 is 1.71. The summed E-state index contributed by atoms with van der Waals surface area (Å²) in [5, 5.41) is 2.68. The van der Waals surface area contributed by atoms with Crippen LogP contribution in [0.4, 0.5) is 0 Å². The van der Waals surface area contributed by atoms with Gasteiger partial charge >= 0.3 is 0 Å². The van der Waals surface area contributed by atoms with Crippen LogP contribution in [-0.2, 0) is 19.5 Å². The van der Waals surface area contributed by atoms with E-state index in [1.165, 1.54) is 11.3 Å². The molecule has 1 aliphatic heterocycles.